The number of unbranched alkanes of at least 4 members (excludes halogenated alkanes) is 17. The normalized spacial score (nSPS) is 12.4. The maximum absolute atomic E-state index is 13.9. The molecule has 0 saturated heterocycles. The molecular formula is C31H49F4NO3. The lowest BCUT2D eigenvalue weighted by atomic mass is 10.0. The molecule has 224 valence electrons. The van der Waals surface area contributed by atoms with Crippen LogP contribution in [0.4, 0.5) is 17.6 Å². The minimum atomic E-state index is -4.90. The van der Waals surface area contributed by atoms with E-state index in [0.29, 0.717) is 12.5 Å². The van der Waals surface area contributed by atoms with E-state index in [0.717, 1.165) is 31.4 Å². The van der Waals surface area contributed by atoms with Crippen molar-refractivity contribution in [2.75, 3.05) is 6.61 Å². The van der Waals surface area contributed by atoms with Gasteiger partial charge in [-0.25, -0.2) is 9.18 Å². The topological polar surface area (TPSA) is 55.4 Å². The van der Waals surface area contributed by atoms with Gasteiger partial charge in [0.2, 0.25) is 0 Å². The van der Waals surface area contributed by atoms with Crippen LogP contribution in [0.25, 0.3) is 0 Å². The summed E-state index contributed by atoms with van der Waals surface area (Å²) in [6.45, 7) is 3.72. The van der Waals surface area contributed by atoms with Gasteiger partial charge in [0.05, 0.1) is 17.7 Å². The molecule has 8 heteroatoms. The minimum absolute atomic E-state index is 0.172. The van der Waals surface area contributed by atoms with Crippen molar-refractivity contribution in [3.63, 3.8) is 0 Å². The van der Waals surface area contributed by atoms with Crippen molar-refractivity contribution in [3.05, 3.63) is 35.1 Å². The second kappa shape index (κ2) is 20.7. The molecule has 0 heterocycles. The highest BCUT2D eigenvalue weighted by Gasteiger charge is 2.37. The van der Waals surface area contributed by atoms with Gasteiger partial charge in [0.1, 0.15) is 11.9 Å². The zero-order valence-electron chi connectivity index (χ0n) is 24.0. The zero-order chi connectivity index (χ0) is 28.9. The number of esters is 1. The van der Waals surface area contributed by atoms with Crippen LogP contribution in [0.15, 0.2) is 18.2 Å². The summed E-state index contributed by atoms with van der Waals surface area (Å²) in [5.74, 6) is -3.38. The number of rotatable bonds is 22. The van der Waals surface area contributed by atoms with Crippen LogP contribution in [0.1, 0.15) is 145 Å². The molecule has 1 rings (SSSR count). The number of benzene rings is 1. The molecule has 39 heavy (non-hydrogen) atoms. The number of hydrogen-bond acceptors (Lipinski definition) is 3. The molecule has 0 fully saturated rings. The summed E-state index contributed by atoms with van der Waals surface area (Å²) < 4.78 is 58.4. The molecule has 0 aliphatic heterocycles. The van der Waals surface area contributed by atoms with E-state index in [2.05, 4.69) is 12.2 Å². The van der Waals surface area contributed by atoms with Crippen molar-refractivity contribution in [1.29, 1.82) is 0 Å². The van der Waals surface area contributed by atoms with Crippen molar-refractivity contribution in [2.24, 2.45) is 0 Å². The third kappa shape index (κ3) is 15.9. The van der Waals surface area contributed by atoms with Crippen molar-refractivity contribution in [1.82, 2.24) is 5.32 Å². The maximum Gasteiger partial charge on any atom is 0.417 e. The zero-order valence-corrected chi connectivity index (χ0v) is 24.0. The first kappa shape index (κ1) is 34.9. The van der Waals surface area contributed by atoms with Gasteiger partial charge in [-0.3, -0.25) is 4.79 Å². The van der Waals surface area contributed by atoms with Gasteiger partial charge < -0.3 is 10.1 Å². The van der Waals surface area contributed by atoms with Gasteiger partial charge in [-0.05, 0) is 25.5 Å². The number of nitrogens with one attached hydrogen (secondary N) is 1. The Morgan fingerprint density at radius 2 is 1.21 bits per heavy atom. The SMILES string of the molecule is CCCCCCCCCCCCCCCCCCCCOC(=O)C(C)NC(=O)c1c(F)cccc1C(F)(F)F. The second-order valence-corrected chi connectivity index (χ2v) is 10.5. The summed E-state index contributed by atoms with van der Waals surface area (Å²) in [7, 11) is 0. The van der Waals surface area contributed by atoms with Crippen molar-refractivity contribution in [2.45, 2.75) is 142 Å². The van der Waals surface area contributed by atoms with E-state index >= 15 is 0 Å². The molecule has 4 nitrogen and oxygen atoms in total. The Hall–Kier alpha value is -2.12. The largest absolute Gasteiger partial charge is 0.464 e. The van der Waals surface area contributed by atoms with Crippen LogP contribution in [0.3, 0.4) is 0 Å². The van der Waals surface area contributed by atoms with Crippen molar-refractivity contribution >= 4 is 11.9 Å². The smallest absolute Gasteiger partial charge is 0.417 e. The number of hydrogen-bond donors (Lipinski definition) is 1. The van der Waals surface area contributed by atoms with E-state index in [-0.39, 0.29) is 6.61 Å². The van der Waals surface area contributed by atoms with Gasteiger partial charge >= 0.3 is 12.1 Å². The Bertz CT molecular complexity index is 814. The first-order chi connectivity index (χ1) is 18.7. The molecule has 1 N–H and O–H groups in total. The van der Waals surface area contributed by atoms with Gasteiger partial charge in [0, 0.05) is 0 Å². The summed E-state index contributed by atoms with van der Waals surface area (Å²) in [6, 6.07) is 1.08. The Morgan fingerprint density at radius 3 is 1.64 bits per heavy atom. The summed E-state index contributed by atoms with van der Waals surface area (Å²) in [5.41, 5.74) is -2.52. The highest BCUT2D eigenvalue weighted by molar-refractivity contribution is 5.98. The first-order valence-corrected chi connectivity index (χ1v) is 15.0. The lowest BCUT2D eigenvalue weighted by molar-refractivity contribution is -0.145. The van der Waals surface area contributed by atoms with Crippen LogP contribution >= 0.6 is 0 Å². The standard InChI is InChI=1S/C31H49F4NO3/c1-3-4-5-6-7-8-9-10-11-12-13-14-15-16-17-18-19-20-24-39-30(38)25(2)36-29(37)28-26(31(33,34)35)22-21-23-27(28)32/h21-23,25H,3-20,24H2,1-2H3,(H,36,37). The fraction of sp³-hybridized carbons (Fsp3) is 0.742. The Labute approximate surface area is 232 Å². The summed E-state index contributed by atoms with van der Waals surface area (Å²) in [4.78, 5) is 24.3. The Morgan fingerprint density at radius 1 is 0.769 bits per heavy atom. The highest BCUT2D eigenvalue weighted by Crippen LogP contribution is 2.33. The molecule has 1 aromatic carbocycles. The van der Waals surface area contributed by atoms with E-state index in [4.69, 9.17) is 4.74 Å². The van der Waals surface area contributed by atoms with E-state index < -0.39 is 41.0 Å². The number of alkyl halides is 3. The predicted octanol–water partition coefficient (Wildman–Crippen LogP) is 9.55. The molecule has 1 atom stereocenters. The average Bonchev–Trinajstić information content (AvgIpc) is 2.89. The third-order valence-electron chi connectivity index (χ3n) is 6.99. The molecule has 1 amide bonds. The van der Waals surface area contributed by atoms with Gasteiger partial charge in [-0.15, -0.1) is 0 Å². The molecule has 1 unspecified atom stereocenters. The van der Waals surface area contributed by atoms with Gasteiger partial charge in [0.15, 0.2) is 0 Å². The van der Waals surface area contributed by atoms with Crippen LogP contribution < -0.4 is 5.32 Å². The van der Waals surface area contributed by atoms with Gasteiger partial charge in [-0.2, -0.15) is 13.2 Å². The number of halogens is 4. The summed E-state index contributed by atoms with van der Waals surface area (Å²) in [6.07, 6.45) is 17.6. The summed E-state index contributed by atoms with van der Waals surface area (Å²) in [5, 5.41) is 2.11. The lowest BCUT2D eigenvalue weighted by Gasteiger charge is -2.16. The fourth-order valence-electron chi connectivity index (χ4n) is 4.62. The van der Waals surface area contributed by atoms with E-state index in [1.165, 1.54) is 96.8 Å². The van der Waals surface area contributed by atoms with Gasteiger partial charge in [-0.1, -0.05) is 122 Å². The molecule has 0 bridgehead atoms. The first-order valence-electron chi connectivity index (χ1n) is 15.0. The number of ether oxygens (including phenoxy) is 1. The number of amides is 1. The quantitative estimate of drug-likeness (QED) is 0.0874. The molecule has 0 aliphatic rings. The minimum Gasteiger partial charge on any atom is -0.464 e. The van der Waals surface area contributed by atoms with Crippen molar-refractivity contribution < 1.29 is 31.9 Å². The van der Waals surface area contributed by atoms with Gasteiger partial charge in [0.25, 0.3) is 5.91 Å². The maximum atomic E-state index is 13.9. The molecule has 0 aliphatic carbocycles. The highest BCUT2D eigenvalue weighted by atomic mass is 19.4. The number of carbonyl (C=O) groups is 2. The molecule has 0 spiro atoms. The molecule has 1 aromatic rings. The Balaban J connectivity index is 2.03. The van der Waals surface area contributed by atoms with Crippen LogP contribution in [0.2, 0.25) is 0 Å². The third-order valence-corrected chi connectivity index (χ3v) is 6.99. The van der Waals surface area contributed by atoms with Crippen LogP contribution in [0.5, 0.6) is 0 Å². The van der Waals surface area contributed by atoms with E-state index in [9.17, 15) is 27.2 Å². The number of carbonyl (C=O) groups excluding carboxylic acids is 2. The van der Waals surface area contributed by atoms with Crippen LogP contribution in [0, 0.1) is 5.82 Å². The monoisotopic (exact) mass is 559 g/mol. The van der Waals surface area contributed by atoms with E-state index in [1.54, 1.807) is 0 Å². The summed E-state index contributed by atoms with van der Waals surface area (Å²) >= 11 is 0. The lowest BCUT2D eigenvalue weighted by Crippen LogP contribution is -2.40. The predicted molar refractivity (Wildman–Crippen MR) is 148 cm³/mol. The van der Waals surface area contributed by atoms with Crippen molar-refractivity contribution in [3.8, 4) is 0 Å². The van der Waals surface area contributed by atoms with Crippen LogP contribution in [-0.2, 0) is 15.7 Å². The molecule has 0 aromatic heterocycles. The second-order valence-electron chi connectivity index (χ2n) is 10.5. The molecule has 0 saturated carbocycles. The molecular weight excluding hydrogens is 510 g/mol. The fourth-order valence-corrected chi connectivity index (χ4v) is 4.62. The van der Waals surface area contributed by atoms with E-state index in [1.807, 2.05) is 0 Å². The molecule has 0 radical (unpaired) electrons. The van der Waals surface area contributed by atoms with Crippen LogP contribution in [-0.4, -0.2) is 24.5 Å². The Kier molecular flexibility index (Phi) is 18.6. The average molecular weight is 560 g/mol.